The predicted molar refractivity (Wildman–Crippen MR) is 90.9 cm³/mol. The first kappa shape index (κ1) is 15.3. The number of anilines is 2. The number of nitrogens with one attached hydrogen (secondary N) is 2. The van der Waals surface area contributed by atoms with Gasteiger partial charge in [-0.05, 0) is 55.0 Å². The third kappa shape index (κ3) is 5.39. The number of thiocarbonyl (C=S) groups is 1. The minimum Gasteiger partial charge on any atom is -0.494 e. The smallest absolute Gasteiger partial charge is 0.176 e. The highest BCUT2D eigenvalue weighted by Gasteiger charge is 2.00. The zero-order chi connectivity index (χ0) is 14.9. The minimum atomic E-state index is 0.508. The molecular weight excluding hydrogens is 282 g/mol. The van der Waals surface area contributed by atoms with Gasteiger partial charge in [-0.3, -0.25) is 0 Å². The molecule has 0 saturated heterocycles. The van der Waals surface area contributed by atoms with Crippen molar-refractivity contribution in [3.63, 3.8) is 0 Å². The molecule has 0 bridgehead atoms. The van der Waals surface area contributed by atoms with E-state index >= 15 is 0 Å². The van der Waals surface area contributed by atoms with Gasteiger partial charge in [0.05, 0.1) is 6.61 Å². The van der Waals surface area contributed by atoms with E-state index in [1.165, 1.54) is 0 Å². The molecule has 0 aliphatic rings. The fourth-order valence-electron chi connectivity index (χ4n) is 1.68. The Labute approximate surface area is 130 Å². The van der Waals surface area contributed by atoms with E-state index in [4.69, 9.17) is 17.0 Å². The van der Waals surface area contributed by atoms with Crippen molar-refractivity contribution in [2.24, 2.45) is 0 Å². The Morgan fingerprint density at radius 1 is 1.14 bits per heavy atom. The van der Waals surface area contributed by atoms with Crippen molar-refractivity contribution in [1.29, 1.82) is 0 Å². The second kappa shape index (κ2) is 8.21. The Morgan fingerprint density at radius 3 is 2.62 bits per heavy atom. The number of ether oxygens (including phenoxy) is 1. The topological polar surface area (TPSA) is 46.2 Å². The van der Waals surface area contributed by atoms with Gasteiger partial charge in [0.2, 0.25) is 0 Å². The van der Waals surface area contributed by atoms with Crippen molar-refractivity contribution in [3.05, 3.63) is 48.7 Å². The van der Waals surface area contributed by atoms with Crippen LogP contribution >= 0.6 is 12.2 Å². The molecule has 0 aliphatic carbocycles. The van der Waals surface area contributed by atoms with Gasteiger partial charge in [-0.15, -0.1) is 0 Å². The summed E-state index contributed by atoms with van der Waals surface area (Å²) in [5, 5.41) is 6.64. The van der Waals surface area contributed by atoms with Crippen LogP contribution in [0.4, 0.5) is 11.5 Å². The highest BCUT2D eigenvalue weighted by molar-refractivity contribution is 7.80. The lowest BCUT2D eigenvalue weighted by atomic mass is 10.3. The van der Waals surface area contributed by atoms with Gasteiger partial charge in [0.15, 0.2) is 5.11 Å². The Morgan fingerprint density at radius 2 is 1.95 bits per heavy atom. The van der Waals surface area contributed by atoms with E-state index in [2.05, 4.69) is 22.5 Å². The summed E-state index contributed by atoms with van der Waals surface area (Å²) in [6.07, 6.45) is 3.92. The highest BCUT2D eigenvalue weighted by Crippen LogP contribution is 2.16. The van der Waals surface area contributed by atoms with E-state index in [9.17, 15) is 0 Å². The first-order chi connectivity index (χ1) is 10.3. The number of pyridine rings is 1. The van der Waals surface area contributed by atoms with Gasteiger partial charge in [0, 0.05) is 11.9 Å². The molecule has 2 N–H and O–H groups in total. The van der Waals surface area contributed by atoms with E-state index in [1.54, 1.807) is 6.20 Å². The molecule has 110 valence electrons. The molecule has 0 radical (unpaired) electrons. The van der Waals surface area contributed by atoms with Gasteiger partial charge in [-0.2, -0.15) is 0 Å². The zero-order valence-electron chi connectivity index (χ0n) is 12.0. The van der Waals surface area contributed by atoms with Gasteiger partial charge in [-0.25, -0.2) is 4.98 Å². The van der Waals surface area contributed by atoms with E-state index in [-0.39, 0.29) is 0 Å². The number of nitrogens with zero attached hydrogens (tertiary/aromatic N) is 1. The summed E-state index contributed by atoms with van der Waals surface area (Å²) in [4.78, 5) is 4.16. The van der Waals surface area contributed by atoms with Gasteiger partial charge in [-0.1, -0.05) is 19.4 Å². The molecule has 0 atom stereocenters. The summed E-state index contributed by atoms with van der Waals surface area (Å²) in [6, 6.07) is 13.4. The van der Waals surface area contributed by atoms with Crippen LogP contribution in [0.25, 0.3) is 0 Å². The summed E-state index contributed by atoms with van der Waals surface area (Å²) >= 11 is 5.24. The summed E-state index contributed by atoms with van der Waals surface area (Å²) in [5.74, 6) is 1.59. The van der Waals surface area contributed by atoms with Crippen LogP contribution in [0.5, 0.6) is 5.75 Å². The monoisotopic (exact) mass is 301 g/mol. The number of hydrogen-bond donors (Lipinski definition) is 2. The maximum atomic E-state index is 5.62. The Bertz CT molecular complexity index is 557. The predicted octanol–water partition coefficient (Wildman–Crippen LogP) is 4.07. The Balaban J connectivity index is 1.83. The molecule has 1 aromatic heterocycles. The molecule has 0 spiro atoms. The minimum absolute atomic E-state index is 0.508. The second-order valence-electron chi connectivity index (χ2n) is 4.52. The average Bonchev–Trinajstić information content (AvgIpc) is 2.50. The Kier molecular flexibility index (Phi) is 5.97. The van der Waals surface area contributed by atoms with Crippen molar-refractivity contribution >= 4 is 28.8 Å². The van der Waals surface area contributed by atoms with Crippen molar-refractivity contribution in [2.75, 3.05) is 17.2 Å². The number of benzene rings is 1. The summed E-state index contributed by atoms with van der Waals surface area (Å²) < 4.78 is 5.62. The third-order valence-electron chi connectivity index (χ3n) is 2.79. The quantitative estimate of drug-likeness (QED) is 0.622. The average molecular weight is 301 g/mol. The SMILES string of the molecule is CCCCOc1ccc(NC(=S)Nc2ccccn2)cc1. The van der Waals surface area contributed by atoms with E-state index in [1.807, 2.05) is 42.5 Å². The highest BCUT2D eigenvalue weighted by atomic mass is 32.1. The van der Waals surface area contributed by atoms with Crippen LogP contribution in [0.1, 0.15) is 19.8 Å². The zero-order valence-corrected chi connectivity index (χ0v) is 12.8. The molecule has 0 saturated carbocycles. The lowest BCUT2D eigenvalue weighted by Gasteiger charge is -2.10. The fourth-order valence-corrected chi connectivity index (χ4v) is 1.91. The molecule has 0 fully saturated rings. The third-order valence-corrected chi connectivity index (χ3v) is 2.99. The van der Waals surface area contributed by atoms with Crippen LogP contribution in [0, 0.1) is 0 Å². The van der Waals surface area contributed by atoms with Gasteiger partial charge in [0.25, 0.3) is 0 Å². The Hall–Kier alpha value is -2.14. The molecule has 1 heterocycles. The molecule has 1 aromatic carbocycles. The number of rotatable bonds is 6. The maximum Gasteiger partial charge on any atom is 0.176 e. The molecule has 2 rings (SSSR count). The normalized spacial score (nSPS) is 9.95. The standard InChI is InChI=1S/C16H19N3OS/c1-2-3-12-20-14-9-7-13(8-10-14)18-16(21)19-15-6-4-5-11-17-15/h4-11H,2-3,12H2,1H3,(H2,17,18,19,21). The molecule has 0 aliphatic heterocycles. The van der Waals surface area contributed by atoms with Crippen LogP contribution in [-0.4, -0.2) is 16.7 Å². The summed E-state index contributed by atoms with van der Waals surface area (Å²) in [6.45, 7) is 2.90. The van der Waals surface area contributed by atoms with Crippen molar-refractivity contribution in [2.45, 2.75) is 19.8 Å². The van der Waals surface area contributed by atoms with Gasteiger partial charge < -0.3 is 15.4 Å². The van der Waals surface area contributed by atoms with E-state index < -0.39 is 0 Å². The molecular formula is C16H19N3OS. The van der Waals surface area contributed by atoms with Gasteiger partial charge >= 0.3 is 0 Å². The van der Waals surface area contributed by atoms with E-state index in [0.717, 1.165) is 36.7 Å². The fraction of sp³-hybridized carbons (Fsp3) is 0.250. The first-order valence-electron chi connectivity index (χ1n) is 7.00. The molecule has 4 nitrogen and oxygen atoms in total. The van der Waals surface area contributed by atoms with Crippen LogP contribution in [-0.2, 0) is 0 Å². The summed E-state index contributed by atoms with van der Waals surface area (Å²) in [5.41, 5.74) is 0.909. The lowest BCUT2D eigenvalue weighted by molar-refractivity contribution is 0.309. The largest absolute Gasteiger partial charge is 0.494 e. The van der Waals surface area contributed by atoms with Crippen molar-refractivity contribution in [3.8, 4) is 5.75 Å². The van der Waals surface area contributed by atoms with Crippen molar-refractivity contribution < 1.29 is 4.74 Å². The second-order valence-corrected chi connectivity index (χ2v) is 4.93. The number of unbranched alkanes of at least 4 members (excludes halogenated alkanes) is 1. The number of aromatic nitrogens is 1. The first-order valence-corrected chi connectivity index (χ1v) is 7.40. The van der Waals surface area contributed by atoms with E-state index in [0.29, 0.717) is 5.11 Å². The van der Waals surface area contributed by atoms with Crippen LogP contribution in [0.2, 0.25) is 0 Å². The molecule has 0 unspecified atom stereocenters. The maximum absolute atomic E-state index is 5.62. The van der Waals surface area contributed by atoms with Crippen LogP contribution in [0.3, 0.4) is 0 Å². The van der Waals surface area contributed by atoms with Crippen molar-refractivity contribution in [1.82, 2.24) is 4.98 Å². The molecule has 0 amide bonds. The summed E-state index contributed by atoms with van der Waals surface area (Å²) in [7, 11) is 0. The molecule has 2 aromatic rings. The lowest BCUT2D eigenvalue weighted by Crippen LogP contribution is -2.19. The van der Waals surface area contributed by atoms with Crippen LogP contribution < -0.4 is 15.4 Å². The van der Waals surface area contributed by atoms with Crippen LogP contribution in [0.15, 0.2) is 48.7 Å². The molecule has 5 heteroatoms. The van der Waals surface area contributed by atoms with Gasteiger partial charge in [0.1, 0.15) is 11.6 Å². The number of hydrogen-bond acceptors (Lipinski definition) is 3. The molecule has 21 heavy (non-hydrogen) atoms.